The number of anilines is 1. The smallest absolute Gasteiger partial charge is 0.246 e. The fourth-order valence-electron chi connectivity index (χ4n) is 3.34. The second-order valence-electron chi connectivity index (χ2n) is 6.51. The average molecular weight is 360 g/mol. The van der Waals surface area contributed by atoms with E-state index in [0.29, 0.717) is 31.2 Å². The van der Waals surface area contributed by atoms with E-state index in [4.69, 9.17) is 10.5 Å². The molecule has 0 bridgehead atoms. The van der Waals surface area contributed by atoms with Gasteiger partial charge in [-0.05, 0) is 38.0 Å². The number of hydrogen-bond donors (Lipinski definition) is 2. The molecular weight excluding hydrogens is 334 g/mol. The first-order valence-corrected chi connectivity index (χ1v) is 9.09. The van der Waals surface area contributed by atoms with E-state index in [-0.39, 0.29) is 18.3 Å². The predicted molar refractivity (Wildman–Crippen MR) is 95.4 cm³/mol. The first-order valence-electron chi connectivity index (χ1n) is 8.27. The summed E-state index contributed by atoms with van der Waals surface area (Å²) in [5, 5.41) is 3.66. The zero-order chi connectivity index (χ0) is 15.6. The summed E-state index contributed by atoms with van der Waals surface area (Å²) < 4.78 is 5.29. The third kappa shape index (κ3) is 4.24. The Labute approximate surface area is 147 Å². The summed E-state index contributed by atoms with van der Waals surface area (Å²) in [5.41, 5.74) is 6.58. The zero-order valence-electron chi connectivity index (χ0n) is 13.6. The van der Waals surface area contributed by atoms with Gasteiger partial charge in [0.2, 0.25) is 5.91 Å². The number of hydrogen-bond acceptors (Lipinski definition) is 5. The lowest BCUT2D eigenvalue weighted by molar-refractivity contribution is -0.124. The Hall–Kier alpha value is -0.690. The van der Waals surface area contributed by atoms with Gasteiger partial charge in [0.25, 0.3) is 0 Å². The van der Waals surface area contributed by atoms with E-state index in [1.165, 1.54) is 29.8 Å². The molecule has 0 spiro atoms. The lowest BCUT2D eigenvalue weighted by Gasteiger charge is -2.31. The maximum absolute atomic E-state index is 12.4. The predicted octanol–water partition coefficient (Wildman–Crippen LogP) is 2.92. The Bertz CT molecular complexity index is 543. The molecule has 2 heterocycles. The molecule has 130 valence electrons. The molecule has 23 heavy (non-hydrogen) atoms. The van der Waals surface area contributed by atoms with Crippen molar-refractivity contribution in [2.45, 2.75) is 57.4 Å². The molecule has 7 heteroatoms. The van der Waals surface area contributed by atoms with Crippen LogP contribution in [0.15, 0.2) is 0 Å². The Kier molecular flexibility index (Phi) is 6.42. The molecule has 0 radical (unpaired) electrons. The molecule has 1 unspecified atom stereocenters. The molecule has 0 aromatic carbocycles. The topological polar surface area (TPSA) is 77.2 Å². The number of fused-ring (bicyclic) bond motifs is 1. The minimum absolute atomic E-state index is 0. The maximum Gasteiger partial charge on any atom is 0.246 e. The quantitative estimate of drug-likeness (QED) is 0.866. The van der Waals surface area contributed by atoms with Gasteiger partial charge in [0.05, 0.1) is 5.69 Å². The van der Waals surface area contributed by atoms with Crippen molar-refractivity contribution >= 4 is 34.8 Å². The molecule has 5 nitrogen and oxygen atoms in total. The van der Waals surface area contributed by atoms with Crippen molar-refractivity contribution in [1.29, 1.82) is 0 Å². The summed E-state index contributed by atoms with van der Waals surface area (Å²) in [4.78, 5) is 18.4. The number of nitrogens with zero attached hydrogens (tertiary/aromatic N) is 1. The van der Waals surface area contributed by atoms with Crippen molar-refractivity contribution < 1.29 is 9.53 Å². The van der Waals surface area contributed by atoms with Crippen LogP contribution in [0, 0.1) is 5.92 Å². The fraction of sp³-hybridized carbons (Fsp3) is 0.750. The number of aryl methyl sites for hydroxylation is 1. The van der Waals surface area contributed by atoms with Gasteiger partial charge in [0.15, 0.2) is 5.13 Å². The van der Waals surface area contributed by atoms with E-state index in [1.807, 2.05) is 0 Å². The Morgan fingerprint density at radius 1 is 1.48 bits per heavy atom. The van der Waals surface area contributed by atoms with Gasteiger partial charge in [0.1, 0.15) is 5.54 Å². The summed E-state index contributed by atoms with van der Waals surface area (Å²) in [6.45, 7) is 3.34. The van der Waals surface area contributed by atoms with Crippen LogP contribution in [-0.4, -0.2) is 29.6 Å². The fourth-order valence-corrected chi connectivity index (χ4v) is 4.45. The Morgan fingerprint density at radius 3 is 2.91 bits per heavy atom. The molecule has 1 atom stereocenters. The maximum atomic E-state index is 12.4. The number of amides is 1. The van der Waals surface area contributed by atoms with Crippen molar-refractivity contribution in [3.8, 4) is 0 Å². The van der Waals surface area contributed by atoms with Gasteiger partial charge in [-0.3, -0.25) is 4.79 Å². The highest BCUT2D eigenvalue weighted by molar-refractivity contribution is 7.15. The summed E-state index contributed by atoms with van der Waals surface area (Å²) in [6.07, 6.45) is 7.03. The van der Waals surface area contributed by atoms with Crippen LogP contribution in [0.5, 0.6) is 0 Å². The number of nitrogens with two attached hydrogens (primary N) is 1. The third-order valence-electron chi connectivity index (χ3n) is 4.80. The van der Waals surface area contributed by atoms with Gasteiger partial charge < -0.3 is 15.8 Å². The van der Waals surface area contributed by atoms with Crippen molar-refractivity contribution in [1.82, 2.24) is 4.98 Å². The van der Waals surface area contributed by atoms with Crippen molar-refractivity contribution in [3.63, 3.8) is 0 Å². The molecule has 3 rings (SSSR count). The van der Waals surface area contributed by atoms with Gasteiger partial charge in [-0.15, -0.1) is 23.7 Å². The van der Waals surface area contributed by atoms with Crippen LogP contribution >= 0.6 is 23.7 Å². The molecule has 1 aliphatic carbocycles. The van der Waals surface area contributed by atoms with Gasteiger partial charge in [-0.2, -0.15) is 0 Å². The largest absolute Gasteiger partial charge is 0.381 e. The molecule has 2 aliphatic rings. The minimum atomic E-state index is -0.810. The third-order valence-corrected chi connectivity index (χ3v) is 5.83. The summed E-state index contributed by atoms with van der Waals surface area (Å²) in [7, 11) is 0. The molecule has 1 aromatic heterocycles. The SMILES string of the molecule is CCCC1CCc2nc(NC(=O)C3(N)CCOCC3)sc2C1.Cl. The number of carbonyl (C=O) groups excluding carboxylic acids is 1. The number of thiazole rings is 1. The number of halogens is 1. The Morgan fingerprint density at radius 2 is 2.22 bits per heavy atom. The first-order chi connectivity index (χ1) is 10.6. The molecule has 1 saturated heterocycles. The number of ether oxygens (including phenoxy) is 1. The average Bonchev–Trinajstić information content (AvgIpc) is 2.90. The summed E-state index contributed by atoms with van der Waals surface area (Å²) in [6, 6.07) is 0. The number of nitrogens with one attached hydrogen (secondary N) is 1. The van der Waals surface area contributed by atoms with Crippen LogP contribution in [-0.2, 0) is 22.4 Å². The second kappa shape index (κ2) is 7.92. The normalized spacial score (nSPS) is 22.8. The van der Waals surface area contributed by atoms with Crippen molar-refractivity contribution in [2.75, 3.05) is 18.5 Å². The van der Waals surface area contributed by atoms with Gasteiger partial charge in [-0.25, -0.2) is 4.98 Å². The van der Waals surface area contributed by atoms with Crippen LogP contribution in [0.25, 0.3) is 0 Å². The highest BCUT2D eigenvalue weighted by Crippen LogP contribution is 2.34. The van der Waals surface area contributed by atoms with E-state index in [2.05, 4.69) is 17.2 Å². The second-order valence-corrected chi connectivity index (χ2v) is 7.59. The summed E-state index contributed by atoms with van der Waals surface area (Å²) >= 11 is 1.63. The van der Waals surface area contributed by atoms with E-state index in [1.54, 1.807) is 11.3 Å². The standard InChI is InChI=1S/C16H25N3O2S.ClH/c1-2-3-11-4-5-12-13(10-11)22-15(18-12)19-14(20)16(17)6-8-21-9-7-16;/h11H,2-10,17H2,1H3,(H,18,19,20);1H. The van der Waals surface area contributed by atoms with Crippen LogP contribution in [0.3, 0.4) is 0 Å². The van der Waals surface area contributed by atoms with Crippen molar-refractivity contribution in [2.24, 2.45) is 11.7 Å². The zero-order valence-corrected chi connectivity index (χ0v) is 15.2. The molecule has 1 aromatic rings. The monoisotopic (exact) mass is 359 g/mol. The number of rotatable bonds is 4. The summed E-state index contributed by atoms with van der Waals surface area (Å²) in [5.74, 6) is 0.657. The van der Waals surface area contributed by atoms with E-state index in [0.717, 1.165) is 18.8 Å². The van der Waals surface area contributed by atoms with Gasteiger partial charge in [0, 0.05) is 18.1 Å². The Balaban J connectivity index is 0.00000192. The molecule has 1 aliphatic heterocycles. The minimum Gasteiger partial charge on any atom is -0.381 e. The lowest BCUT2D eigenvalue weighted by atomic mass is 9.88. The highest BCUT2D eigenvalue weighted by atomic mass is 35.5. The van der Waals surface area contributed by atoms with E-state index >= 15 is 0 Å². The molecule has 1 fully saturated rings. The van der Waals surface area contributed by atoms with Gasteiger partial charge in [-0.1, -0.05) is 19.8 Å². The van der Waals surface area contributed by atoms with E-state index < -0.39 is 5.54 Å². The lowest BCUT2D eigenvalue weighted by Crippen LogP contribution is -2.54. The van der Waals surface area contributed by atoms with Crippen LogP contribution in [0.1, 0.15) is 49.6 Å². The van der Waals surface area contributed by atoms with Crippen molar-refractivity contribution in [3.05, 3.63) is 10.6 Å². The van der Waals surface area contributed by atoms with Crippen LogP contribution in [0.2, 0.25) is 0 Å². The molecular formula is C16H26ClN3O2S. The first kappa shape index (κ1) is 18.6. The number of aromatic nitrogens is 1. The number of carbonyl (C=O) groups is 1. The van der Waals surface area contributed by atoms with Crippen LogP contribution < -0.4 is 11.1 Å². The van der Waals surface area contributed by atoms with Gasteiger partial charge >= 0.3 is 0 Å². The van der Waals surface area contributed by atoms with Crippen LogP contribution in [0.4, 0.5) is 5.13 Å². The molecule has 3 N–H and O–H groups in total. The molecule has 0 saturated carbocycles. The molecule has 1 amide bonds. The van der Waals surface area contributed by atoms with E-state index in [9.17, 15) is 4.79 Å². The highest BCUT2D eigenvalue weighted by Gasteiger charge is 2.36.